The Hall–Kier alpha value is -0.830. The third-order valence-corrected chi connectivity index (χ3v) is 4.74. The first-order valence-electron chi connectivity index (χ1n) is 6.86. The lowest BCUT2D eigenvalue weighted by molar-refractivity contribution is 0.593. The predicted molar refractivity (Wildman–Crippen MR) is 96.6 cm³/mol. The molecule has 1 aromatic carbocycles. The summed E-state index contributed by atoms with van der Waals surface area (Å²) in [4.78, 5) is 4.13. The van der Waals surface area contributed by atoms with Gasteiger partial charge in [-0.05, 0) is 24.8 Å². The maximum absolute atomic E-state index is 11.9. The normalized spacial score (nSPS) is 15.3. The summed E-state index contributed by atoms with van der Waals surface area (Å²) < 4.78 is 23.9. The van der Waals surface area contributed by atoms with Crippen molar-refractivity contribution < 1.29 is 8.42 Å². The van der Waals surface area contributed by atoms with Crippen LogP contribution in [0.25, 0.3) is 0 Å². The van der Waals surface area contributed by atoms with E-state index in [-0.39, 0.29) is 35.5 Å². The fourth-order valence-electron chi connectivity index (χ4n) is 1.87. The van der Waals surface area contributed by atoms with Crippen molar-refractivity contribution in [2.45, 2.75) is 31.1 Å². The van der Waals surface area contributed by atoms with Crippen molar-refractivity contribution in [2.24, 2.45) is 10.7 Å². The number of guanidine groups is 1. The highest BCUT2D eigenvalue weighted by molar-refractivity contribution is 14.0. The zero-order valence-corrected chi connectivity index (χ0v) is 15.0. The smallest absolute Gasteiger partial charge is 0.188 e. The van der Waals surface area contributed by atoms with Crippen molar-refractivity contribution in [2.75, 3.05) is 12.3 Å². The van der Waals surface area contributed by atoms with Gasteiger partial charge in [0.05, 0.1) is 11.5 Å². The van der Waals surface area contributed by atoms with Gasteiger partial charge in [-0.15, -0.1) is 24.0 Å². The molecular formula is C14H22IN3O2S. The van der Waals surface area contributed by atoms with Gasteiger partial charge in [0, 0.05) is 12.6 Å². The van der Waals surface area contributed by atoms with Gasteiger partial charge in [0.25, 0.3) is 0 Å². The fraction of sp³-hybridized carbons (Fsp3) is 0.500. The summed E-state index contributed by atoms with van der Waals surface area (Å²) >= 11 is 0. The molecule has 3 N–H and O–H groups in total. The van der Waals surface area contributed by atoms with Gasteiger partial charge < -0.3 is 11.1 Å². The summed E-state index contributed by atoms with van der Waals surface area (Å²) in [6, 6.07) is 9.69. The number of sulfone groups is 1. The third kappa shape index (κ3) is 7.66. The second-order valence-corrected chi connectivity index (χ2v) is 7.30. The van der Waals surface area contributed by atoms with E-state index in [1.807, 2.05) is 30.3 Å². The molecule has 0 bridgehead atoms. The van der Waals surface area contributed by atoms with Crippen LogP contribution in [0.15, 0.2) is 35.3 Å². The van der Waals surface area contributed by atoms with Gasteiger partial charge in [-0.3, -0.25) is 4.99 Å². The number of aliphatic imine (C=N–C) groups is 1. The maximum Gasteiger partial charge on any atom is 0.188 e. The fourth-order valence-corrected chi connectivity index (χ4v) is 3.28. The zero-order chi connectivity index (χ0) is 14.4. The van der Waals surface area contributed by atoms with Crippen LogP contribution in [0, 0.1) is 0 Å². The molecule has 118 valence electrons. The van der Waals surface area contributed by atoms with E-state index in [9.17, 15) is 8.42 Å². The van der Waals surface area contributed by atoms with Gasteiger partial charge in [-0.25, -0.2) is 8.42 Å². The largest absolute Gasteiger partial charge is 0.370 e. The van der Waals surface area contributed by atoms with Crippen molar-refractivity contribution in [3.05, 3.63) is 35.9 Å². The third-order valence-electron chi connectivity index (χ3n) is 3.05. The average Bonchev–Trinajstić information content (AvgIpc) is 3.19. The summed E-state index contributed by atoms with van der Waals surface area (Å²) in [6.45, 7) is 0.444. The maximum atomic E-state index is 11.9. The number of nitrogens with two attached hydrogens (primary N) is 1. The van der Waals surface area contributed by atoms with Crippen molar-refractivity contribution in [3.8, 4) is 0 Å². The standard InChI is InChI=1S/C14H21N3O2S.HI/c15-14(17-13-7-8-13)16-9-4-10-20(18,19)11-12-5-2-1-3-6-12;/h1-3,5-6,13H,4,7-11H2,(H3,15,16,17);1H. The van der Waals surface area contributed by atoms with Gasteiger partial charge in [0.2, 0.25) is 0 Å². The lowest BCUT2D eigenvalue weighted by Gasteiger charge is -2.05. The van der Waals surface area contributed by atoms with Gasteiger partial charge >= 0.3 is 0 Å². The van der Waals surface area contributed by atoms with Crippen molar-refractivity contribution in [1.82, 2.24) is 5.32 Å². The Kier molecular flexibility index (Phi) is 7.44. The summed E-state index contributed by atoms with van der Waals surface area (Å²) in [6.07, 6.45) is 2.78. The minimum absolute atomic E-state index is 0. The highest BCUT2D eigenvalue weighted by Gasteiger charge is 2.21. The summed E-state index contributed by atoms with van der Waals surface area (Å²) in [5.74, 6) is 0.656. The van der Waals surface area contributed by atoms with Crippen LogP contribution < -0.4 is 11.1 Å². The Morgan fingerprint density at radius 2 is 1.95 bits per heavy atom. The van der Waals surface area contributed by atoms with Crippen LogP contribution in [0.1, 0.15) is 24.8 Å². The average molecular weight is 423 g/mol. The Bertz CT molecular complexity index is 557. The van der Waals surface area contributed by atoms with E-state index < -0.39 is 9.84 Å². The van der Waals surface area contributed by atoms with Gasteiger partial charge in [-0.2, -0.15) is 0 Å². The SMILES string of the molecule is I.NC(=NCCCS(=O)(=O)Cc1ccccc1)NC1CC1. The van der Waals surface area contributed by atoms with E-state index in [1.165, 1.54) is 0 Å². The molecule has 2 rings (SSSR count). The first-order valence-corrected chi connectivity index (χ1v) is 8.68. The molecule has 0 radical (unpaired) electrons. The molecule has 0 spiro atoms. The van der Waals surface area contributed by atoms with Crippen LogP contribution in [-0.2, 0) is 15.6 Å². The molecule has 1 aliphatic carbocycles. The lowest BCUT2D eigenvalue weighted by Crippen LogP contribution is -2.33. The summed E-state index contributed by atoms with van der Waals surface area (Å²) in [5.41, 5.74) is 6.50. The summed E-state index contributed by atoms with van der Waals surface area (Å²) in [7, 11) is -3.07. The molecule has 1 aromatic rings. The minimum atomic E-state index is -3.07. The minimum Gasteiger partial charge on any atom is -0.370 e. The second-order valence-electron chi connectivity index (χ2n) is 5.12. The molecule has 21 heavy (non-hydrogen) atoms. The second kappa shape index (κ2) is 8.57. The lowest BCUT2D eigenvalue weighted by atomic mass is 10.2. The molecule has 0 amide bonds. The molecule has 5 nitrogen and oxygen atoms in total. The number of hydrogen-bond donors (Lipinski definition) is 2. The number of benzene rings is 1. The molecular weight excluding hydrogens is 401 g/mol. The van der Waals surface area contributed by atoms with Crippen molar-refractivity contribution >= 4 is 39.8 Å². The topological polar surface area (TPSA) is 84.5 Å². The van der Waals surface area contributed by atoms with Crippen LogP contribution in [0.3, 0.4) is 0 Å². The Balaban J connectivity index is 0.00000220. The molecule has 0 saturated heterocycles. The number of rotatable bonds is 7. The number of nitrogens with one attached hydrogen (secondary N) is 1. The van der Waals surface area contributed by atoms with E-state index in [1.54, 1.807) is 0 Å². The highest BCUT2D eigenvalue weighted by atomic mass is 127. The first kappa shape index (κ1) is 18.2. The quantitative estimate of drug-likeness (QED) is 0.303. The molecule has 1 fully saturated rings. The van der Waals surface area contributed by atoms with E-state index in [4.69, 9.17) is 5.73 Å². The molecule has 0 aliphatic heterocycles. The number of nitrogens with zero attached hydrogens (tertiary/aromatic N) is 1. The van der Waals surface area contributed by atoms with E-state index in [0.717, 1.165) is 18.4 Å². The molecule has 0 unspecified atom stereocenters. The molecule has 1 saturated carbocycles. The molecule has 0 atom stereocenters. The Labute approximate surface area is 143 Å². The summed E-state index contributed by atoms with van der Waals surface area (Å²) in [5, 5.41) is 3.07. The van der Waals surface area contributed by atoms with Gasteiger partial charge in [0.1, 0.15) is 0 Å². The van der Waals surface area contributed by atoms with E-state index in [2.05, 4.69) is 10.3 Å². The van der Waals surface area contributed by atoms with Crippen LogP contribution in [0.5, 0.6) is 0 Å². The number of hydrogen-bond acceptors (Lipinski definition) is 3. The van der Waals surface area contributed by atoms with Crippen LogP contribution in [-0.4, -0.2) is 32.7 Å². The molecule has 1 aliphatic rings. The van der Waals surface area contributed by atoms with Gasteiger partial charge in [0.15, 0.2) is 15.8 Å². The van der Waals surface area contributed by atoms with E-state index >= 15 is 0 Å². The number of halogens is 1. The monoisotopic (exact) mass is 423 g/mol. The van der Waals surface area contributed by atoms with E-state index in [0.29, 0.717) is 25.0 Å². The zero-order valence-electron chi connectivity index (χ0n) is 11.9. The predicted octanol–water partition coefficient (Wildman–Crippen LogP) is 1.68. The molecule has 0 aromatic heterocycles. The van der Waals surface area contributed by atoms with Crippen molar-refractivity contribution in [1.29, 1.82) is 0 Å². The van der Waals surface area contributed by atoms with Gasteiger partial charge in [-0.1, -0.05) is 30.3 Å². The van der Waals surface area contributed by atoms with Crippen LogP contribution in [0.2, 0.25) is 0 Å². The highest BCUT2D eigenvalue weighted by Crippen LogP contribution is 2.17. The Morgan fingerprint density at radius 1 is 1.29 bits per heavy atom. The Morgan fingerprint density at radius 3 is 2.57 bits per heavy atom. The molecule has 7 heteroatoms. The first-order chi connectivity index (χ1) is 9.55. The molecule has 0 heterocycles. The van der Waals surface area contributed by atoms with Crippen LogP contribution >= 0.6 is 24.0 Å². The van der Waals surface area contributed by atoms with Crippen molar-refractivity contribution in [3.63, 3.8) is 0 Å². The van der Waals surface area contributed by atoms with Crippen LogP contribution in [0.4, 0.5) is 0 Å².